The highest BCUT2D eigenvalue weighted by Crippen LogP contribution is 2.18. The zero-order valence-electron chi connectivity index (χ0n) is 17.3. The topological polar surface area (TPSA) is 87.5 Å². The molecule has 162 valence electrons. The lowest BCUT2D eigenvalue weighted by atomic mass is 10.2. The van der Waals surface area contributed by atoms with Gasteiger partial charge in [-0.05, 0) is 31.2 Å². The first-order valence-electron chi connectivity index (χ1n) is 10.1. The van der Waals surface area contributed by atoms with Crippen molar-refractivity contribution in [2.24, 2.45) is 0 Å². The van der Waals surface area contributed by atoms with Gasteiger partial charge in [0.2, 0.25) is 15.9 Å². The van der Waals surface area contributed by atoms with Crippen molar-refractivity contribution in [2.75, 3.05) is 38.0 Å². The van der Waals surface area contributed by atoms with Crippen LogP contribution in [0.3, 0.4) is 0 Å². The van der Waals surface area contributed by atoms with E-state index in [1.54, 1.807) is 41.2 Å². The molecule has 9 heteroatoms. The minimum atomic E-state index is -3.51. The largest absolute Gasteiger partial charge is 0.308 e. The Morgan fingerprint density at radius 3 is 2.32 bits per heavy atom. The Kier molecular flexibility index (Phi) is 6.17. The molecule has 0 spiro atoms. The summed E-state index contributed by atoms with van der Waals surface area (Å²) in [5.74, 6) is 0.308. The Hall–Kier alpha value is -3.01. The third-order valence-corrected chi connectivity index (χ3v) is 7.15. The summed E-state index contributed by atoms with van der Waals surface area (Å²) in [4.78, 5) is 14.7. The highest BCUT2D eigenvalue weighted by molar-refractivity contribution is 7.89. The van der Waals surface area contributed by atoms with Crippen molar-refractivity contribution in [3.63, 3.8) is 0 Å². The molecular weight excluding hydrogens is 414 g/mol. The minimum absolute atomic E-state index is 0.173. The van der Waals surface area contributed by atoms with Crippen molar-refractivity contribution in [1.29, 1.82) is 0 Å². The number of piperazine rings is 1. The second kappa shape index (κ2) is 9.01. The monoisotopic (exact) mass is 439 g/mol. The summed E-state index contributed by atoms with van der Waals surface area (Å²) >= 11 is 0. The average Bonchev–Trinajstić information content (AvgIpc) is 3.23. The number of aryl methyl sites for hydroxylation is 1. The number of hydrogen-bond acceptors (Lipinski definition) is 5. The molecule has 0 bridgehead atoms. The zero-order chi connectivity index (χ0) is 21.8. The van der Waals surface area contributed by atoms with Gasteiger partial charge in [-0.25, -0.2) is 13.1 Å². The molecule has 2 aromatic carbocycles. The molecule has 0 radical (unpaired) electrons. The van der Waals surface area contributed by atoms with Gasteiger partial charge in [0.05, 0.1) is 17.1 Å². The van der Waals surface area contributed by atoms with Crippen LogP contribution in [0.25, 0.3) is 5.69 Å². The van der Waals surface area contributed by atoms with E-state index in [9.17, 15) is 13.2 Å². The smallest absolute Gasteiger partial charge is 0.243 e. The van der Waals surface area contributed by atoms with Crippen LogP contribution in [-0.4, -0.2) is 66.0 Å². The van der Waals surface area contributed by atoms with Crippen molar-refractivity contribution < 1.29 is 13.2 Å². The molecule has 1 aliphatic rings. The van der Waals surface area contributed by atoms with Crippen LogP contribution in [0.4, 0.5) is 5.82 Å². The van der Waals surface area contributed by atoms with E-state index >= 15 is 0 Å². The summed E-state index contributed by atoms with van der Waals surface area (Å²) in [7, 11) is -3.51. The van der Waals surface area contributed by atoms with Gasteiger partial charge in [-0.2, -0.15) is 9.40 Å². The van der Waals surface area contributed by atoms with Crippen LogP contribution in [0.2, 0.25) is 0 Å². The molecule has 1 saturated heterocycles. The first kappa shape index (κ1) is 21.2. The highest BCUT2D eigenvalue weighted by atomic mass is 32.2. The summed E-state index contributed by atoms with van der Waals surface area (Å²) in [6, 6.07) is 18.3. The minimum Gasteiger partial charge on any atom is -0.308 e. The summed E-state index contributed by atoms with van der Waals surface area (Å²) in [6.07, 6.45) is 1.79. The lowest BCUT2D eigenvalue weighted by Gasteiger charge is -2.33. The first-order chi connectivity index (χ1) is 14.9. The molecule has 8 nitrogen and oxygen atoms in total. The van der Waals surface area contributed by atoms with Gasteiger partial charge in [-0.15, -0.1) is 0 Å². The van der Waals surface area contributed by atoms with Gasteiger partial charge in [0.1, 0.15) is 0 Å². The summed E-state index contributed by atoms with van der Waals surface area (Å²) in [5, 5.41) is 7.18. The molecule has 0 atom stereocenters. The SMILES string of the molecule is Cc1ccc(S(=O)(=O)N2CCN(CC(=O)Nc3ccn(-c4ccccc4)n3)CC2)cc1. The van der Waals surface area contributed by atoms with Crippen LogP contribution in [-0.2, 0) is 14.8 Å². The summed E-state index contributed by atoms with van der Waals surface area (Å²) in [6.45, 7) is 3.81. The number of hydrogen-bond donors (Lipinski definition) is 1. The van der Waals surface area contributed by atoms with E-state index in [-0.39, 0.29) is 12.5 Å². The number of nitrogens with one attached hydrogen (secondary N) is 1. The van der Waals surface area contributed by atoms with E-state index in [1.165, 1.54) is 4.31 Å². The third-order valence-electron chi connectivity index (χ3n) is 5.23. The number of sulfonamides is 1. The van der Waals surface area contributed by atoms with E-state index in [0.717, 1.165) is 11.3 Å². The molecule has 3 aromatic rings. The maximum Gasteiger partial charge on any atom is 0.243 e. The molecule has 4 rings (SSSR count). The fourth-order valence-corrected chi connectivity index (χ4v) is 4.91. The Labute approximate surface area is 182 Å². The second-order valence-corrected chi connectivity index (χ2v) is 9.46. The number of benzene rings is 2. The summed E-state index contributed by atoms with van der Waals surface area (Å²) < 4.78 is 28.8. The molecule has 0 unspecified atom stereocenters. The molecule has 1 N–H and O–H groups in total. The Morgan fingerprint density at radius 2 is 1.65 bits per heavy atom. The van der Waals surface area contributed by atoms with Crippen LogP contribution in [0.15, 0.2) is 71.8 Å². The molecule has 1 amide bonds. The van der Waals surface area contributed by atoms with Crippen LogP contribution < -0.4 is 5.32 Å². The Bertz CT molecular complexity index is 1140. The first-order valence-corrected chi connectivity index (χ1v) is 11.6. The maximum absolute atomic E-state index is 12.8. The number of nitrogens with zero attached hydrogens (tertiary/aromatic N) is 4. The number of anilines is 1. The van der Waals surface area contributed by atoms with E-state index in [0.29, 0.717) is 36.9 Å². The van der Waals surface area contributed by atoms with E-state index < -0.39 is 10.0 Å². The van der Waals surface area contributed by atoms with Crippen LogP contribution in [0, 0.1) is 6.92 Å². The Morgan fingerprint density at radius 1 is 0.968 bits per heavy atom. The van der Waals surface area contributed by atoms with Crippen molar-refractivity contribution >= 4 is 21.7 Å². The number of aromatic nitrogens is 2. The van der Waals surface area contributed by atoms with Crippen LogP contribution >= 0.6 is 0 Å². The van der Waals surface area contributed by atoms with Gasteiger partial charge in [-0.3, -0.25) is 9.69 Å². The lowest BCUT2D eigenvalue weighted by molar-refractivity contribution is -0.117. The van der Waals surface area contributed by atoms with Crippen molar-refractivity contribution in [2.45, 2.75) is 11.8 Å². The molecule has 1 aromatic heterocycles. The Balaban J connectivity index is 1.29. The van der Waals surface area contributed by atoms with Crippen LogP contribution in [0.1, 0.15) is 5.56 Å². The predicted octanol–water partition coefficient (Wildman–Crippen LogP) is 2.13. The van der Waals surface area contributed by atoms with Gasteiger partial charge in [-0.1, -0.05) is 35.9 Å². The standard InChI is InChI=1S/C22H25N5O3S/c1-18-7-9-20(10-8-18)31(29,30)26-15-13-25(14-16-26)17-22(28)23-21-11-12-27(24-21)19-5-3-2-4-6-19/h2-12H,13-17H2,1H3,(H,23,24,28). The fraction of sp³-hybridized carbons (Fsp3) is 0.273. The van der Waals surface area contributed by atoms with Crippen LogP contribution in [0.5, 0.6) is 0 Å². The fourth-order valence-electron chi connectivity index (χ4n) is 3.49. The van der Waals surface area contributed by atoms with Gasteiger partial charge >= 0.3 is 0 Å². The quantitative estimate of drug-likeness (QED) is 0.636. The van der Waals surface area contributed by atoms with Gasteiger partial charge in [0.25, 0.3) is 0 Å². The van der Waals surface area contributed by atoms with Gasteiger partial charge in [0, 0.05) is 38.4 Å². The number of rotatable bonds is 6. The molecule has 31 heavy (non-hydrogen) atoms. The van der Waals surface area contributed by atoms with Gasteiger partial charge < -0.3 is 5.32 Å². The molecule has 1 fully saturated rings. The average molecular weight is 440 g/mol. The molecule has 1 aliphatic heterocycles. The molecule has 2 heterocycles. The van der Waals surface area contributed by atoms with Gasteiger partial charge in [0.15, 0.2) is 5.82 Å². The number of para-hydroxylation sites is 1. The summed E-state index contributed by atoms with van der Waals surface area (Å²) in [5.41, 5.74) is 1.93. The number of carbonyl (C=O) groups is 1. The molecule has 0 aliphatic carbocycles. The third kappa shape index (κ3) is 5.01. The molecular formula is C22H25N5O3S. The van der Waals surface area contributed by atoms with Crippen molar-refractivity contribution in [3.8, 4) is 5.69 Å². The lowest BCUT2D eigenvalue weighted by Crippen LogP contribution is -2.50. The van der Waals surface area contributed by atoms with Crippen molar-refractivity contribution in [3.05, 3.63) is 72.4 Å². The maximum atomic E-state index is 12.8. The second-order valence-electron chi connectivity index (χ2n) is 7.52. The van der Waals surface area contributed by atoms with E-state index in [4.69, 9.17) is 0 Å². The zero-order valence-corrected chi connectivity index (χ0v) is 18.1. The predicted molar refractivity (Wildman–Crippen MR) is 119 cm³/mol. The number of amides is 1. The van der Waals surface area contributed by atoms with E-state index in [2.05, 4.69) is 10.4 Å². The number of carbonyl (C=O) groups excluding carboxylic acids is 1. The molecule has 0 saturated carbocycles. The van der Waals surface area contributed by atoms with Crippen molar-refractivity contribution in [1.82, 2.24) is 19.0 Å². The highest BCUT2D eigenvalue weighted by Gasteiger charge is 2.29. The van der Waals surface area contributed by atoms with E-state index in [1.807, 2.05) is 42.2 Å². The normalized spacial score (nSPS) is 15.6.